The Bertz CT molecular complexity index is 987. The van der Waals surface area contributed by atoms with Crippen molar-refractivity contribution in [1.29, 1.82) is 0 Å². The van der Waals surface area contributed by atoms with E-state index in [9.17, 15) is 9.59 Å². The fourth-order valence-corrected chi connectivity index (χ4v) is 3.22. The second-order valence-electron chi connectivity index (χ2n) is 6.08. The van der Waals surface area contributed by atoms with Gasteiger partial charge in [0.1, 0.15) is 0 Å². The Kier molecular flexibility index (Phi) is 6.03. The number of halogens is 1. The van der Waals surface area contributed by atoms with Gasteiger partial charge < -0.3 is 15.0 Å². The molecular formula is C19H18ClN3O3S. The van der Waals surface area contributed by atoms with Crippen LogP contribution in [0.5, 0.6) is 0 Å². The molecule has 0 aliphatic rings. The van der Waals surface area contributed by atoms with Crippen LogP contribution in [0.1, 0.15) is 24.2 Å². The maximum Gasteiger partial charge on any atom is 0.338 e. The molecule has 27 heavy (non-hydrogen) atoms. The predicted molar refractivity (Wildman–Crippen MR) is 107 cm³/mol. The van der Waals surface area contributed by atoms with Gasteiger partial charge in [0.25, 0.3) is 0 Å². The van der Waals surface area contributed by atoms with Crippen molar-refractivity contribution < 1.29 is 14.3 Å². The minimum Gasteiger partial charge on any atom is -0.459 e. The number of thioether (sulfide) groups is 1. The lowest BCUT2D eigenvalue weighted by Gasteiger charge is -2.09. The molecule has 0 saturated carbocycles. The molecule has 0 spiro atoms. The van der Waals surface area contributed by atoms with Crippen molar-refractivity contribution in [2.45, 2.75) is 25.1 Å². The van der Waals surface area contributed by atoms with Crippen molar-refractivity contribution in [2.24, 2.45) is 0 Å². The lowest BCUT2D eigenvalue weighted by Crippen LogP contribution is -2.15. The molecule has 2 N–H and O–H groups in total. The zero-order chi connectivity index (χ0) is 19.4. The summed E-state index contributed by atoms with van der Waals surface area (Å²) in [4.78, 5) is 31.7. The summed E-state index contributed by atoms with van der Waals surface area (Å²) in [6, 6.07) is 12.0. The van der Waals surface area contributed by atoms with Gasteiger partial charge in [-0.3, -0.25) is 4.79 Å². The Morgan fingerprint density at radius 3 is 2.85 bits per heavy atom. The molecule has 0 fully saturated rings. The smallest absolute Gasteiger partial charge is 0.338 e. The average Bonchev–Trinajstić information content (AvgIpc) is 3.01. The van der Waals surface area contributed by atoms with Crippen molar-refractivity contribution in [1.82, 2.24) is 9.97 Å². The molecule has 1 amide bonds. The quantitative estimate of drug-likeness (QED) is 0.467. The third-order valence-corrected chi connectivity index (χ3v) is 4.60. The van der Waals surface area contributed by atoms with E-state index in [2.05, 4.69) is 15.3 Å². The minimum absolute atomic E-state index is 0.175. The topological polar surface area (TPSA) is 84.1 Å². The lowest BCUT2D eigenvalue weighted by molar-refractivity contribution is -0.113. The molecular weight excluding hydrogens is 386 g/mol. The number of anilines is 1. The van der Waals surface area contributed by atoms with Crippen LogP contribution in [0, 0.1) is 0 Å². The molecule has 1 heterocycles. The van der Waals surface area contributed by atoms with Gasteiger partial charge in [0.2, 0.25) is 5.91 Å². The van der Waals surface area contributed by atoms with Gasteiger partial charge in [0.05, 0.1) is 28.5 Å². The number of hydrogen-bond acceptors (Lipinski definition) is 5. The Labute approximate surface area is 165 Å². The zero-order valence-corrected chi connectivity index (χ0v) is 16.4. The SMILES string of the molecule is CC(C)OC(=O)c1cccc(NC(=O)CSc2nc3ccc(Cl)cc3[nH]2)c1. The average molecular weight is 404 g/mol. The van der Waals surface area contributed by atoms with Crippen LogP contribution in [0.25, 0.3) is 11.0 Å². The van der Waals surface area contributed by atoms with Crippen LogP contribution in [0.2, 0.25) is 5.02 Å². The number of nitrogens with zero attached hydrogens (tertiary/aromatic N) is 1. The largest absolute Gasteiger partial charge is 0.459 e. The highest BCUT2D eigenvalue weighted by Crippen LogP contribution is 2.22. The highest BCUT2D eigenvalue weighted by atomic mass is 35.5. The highest BCUT2D eigenvalue weighted by molar-refractivity contribution is 7.99. The van der Waals surface area contributed by atoms with Gasteiger partial charge in [-0.05, 0) is 50.2 Å². The fraction of sp³-hybridized carbons (Fsp3) is 0.211. The van der Waals surface area contributed by atoms with Crippen molar-refractivity contribution in [3.63, 3.8) is 0 Å². The highest BCUT2D eigenvalue weighted by Gasteiger charge is 2.12. The molecule has 0 saturated heterocycles. The maximum absolute atomic E-state index is 12.2. The molecule has 0 aliphatic heterocycles. The number of benzene rings is 2. The first kappa shape index (κ1) is 19.3. The van der Waals surface area contributed by atoms with Gasteiger partial charge in [-0.2, -0.15) is 0 Å². The number of carbonyl (C=O) groups is 2. The Morgan fingerprint density at radius 2 is 2.07 bits per heavy atom. The van der Waals surface area contributed by atoms with Crippen LogP contribution in [-0.4, -0.2) is 33.7 Å². The minimum atomic E-state index is -0.420. The number of fused-ring (bicyclic) bond motifs is 1. The van der Waals surface area contributed by atoms with Gasteiger partial charge in [-0.25, -0.2) is 9.78 Å². The zero-order valence-electron chi connectivity index (χ0n) is 14.8. The van der Waals surface area contributed by atoms with Crippen molar-refractivity contribution >= 4 is 52.0 Å². The van der Waals surface area contributed by atoms with Crippen LogP contribution in [-0.2, 0) is 9.53 Å². The van der Waals surface area contributed by atoms with Crippen molar-refractivity contribution in [3.05, 3.63) is 53.1 Å². The first-order valence-corrected chi connectivity index (χ1v) is 9.66. The van der Waals surface area contributed by atoms with Crippen LogP contribution >= 0.6 is 23.4 Å². The number of hydrogen-bond donors (Lipinski definition) is 2. The van der Waals surface area contributed by atoms with Gasteiger partial charge in [-0.15, -0.1) is 0 Å². The molecule has 0 aliphatic carbocycles. The van der Waals surface area contributed by atoms with E-state index < -0.39 is 5.97 Å². The van der Waals surface area contributed by atoms with E-state index in [1.165, 1.54) is 11.8 Å². The number of esters is 1. The van der Waals surface area contributed by atoms with Crippen molar-refractivity contribution in [3.8, 4) is 0 Å². The number of aromatic amines is 1. The summed E-state index contributed by atoms with van der Waals surface area (Å²) in [6.45, 7) is 3.57. The monoisotopic (exact) mass is 403 g/mol. The van der Waals surface area contributed by atoms with Gasteiger partial charge in [-0.1, -0.05) is 29.4 Å². The summed E-state index contributed by atoms with van der Waals surface area (Å²) < 4.78 is 5.16. The van der Waals surface area contributed by atoms with Gasteiger partial charge in [0.15, 0.2) is 5.16 Å². The third-order valence-electron chi connectivity index (χ3n) is 3.49. The lowest BCUT2D eigenvalue weighted by atomic mass is 10.2. The second-order valence-corrected chi connectivity index (χ2v) is 7.48. The molecule has 0 atom stereocenters. The number of amides is 1. The van der Waals surface area contributed by atoms with E-state index in [0.717, 1.165) is 11.0 Å². The molecule has 3 rings (SSSR count). The van der Waals surface area contributed by atoms with E-state index in [0.29, 0.717) is 21.4 Å². The van der Waals surface area contributed by atoms with Gasteiger partial charge in [0, 0.05) is 10.7 Å². The number of H-pyrrole nitrogens is 1. The second kappa shape index (κ2) is 8.45. The van der Waals surface area contributed by atoms with Crippen LogP contribution in [0.15, 0.2) is 47.6 Å². The summed E-state index contributed by atoms with van der Waals surface area (Å²) >= 11 is 7.24. The molecule has 1 aromatic heterocycles. The summed E-state index contributed by atoms with van der Waals surface area (Å²) in [7, 11) is 0. The standard InChI is InChI=1S/C19H18ClN3O3S/c1-11(2)26-18(25)12-4-3-5-14(8-12)21-17(24)10-27-19-22-15-7-6-13(20)9-16(15)23-19/h3-9,11H,10H2,1-2H3,(H,21,24)(H,22,23). The molecule has 0 radical (unpaired) electrons. The van der Waals surface area contributed by atoms with E-state index >= 15 is 0 Å². The predicted octanol–water partition coefficient (Wildman–Crippen LogP) is 4.51. The van der Waals surface area contributed by atoms with E-state index in [-0.39, 0.29) is 17.8 Å². The van der Waals surface area contributed by atoms with E-state index in [4.69, 9.17) is 16.3 Å². The summed E-state index contributed by atoms with van der Waals surface area (Å²) in [6.07, 6.45) is -0.203. The summed E-state index contributed by atoms with van der Waals surface area (Å²) in [5.74, 6) is -0.446. The molecule has 0 bridgehead atoms. The number of imidazole rings is 1. The first-order valence-electron chi connectivity index (χ1n) is 8.29. The maximum atomic E-state index is 12.2. The molecule has 3 aromatic rings. The third kappa shape index (κ3) is 5.24. The van der Waals surface area contributed by atoms with E-state index in [1.807, 2.05) is 6.07 Å². The van der Waals surface area contributed by atoms with Crippen LogP contribution < -0.4 is 5.32 Å². The number of rotatable bonds is 6. The van der Waals surface area contributed by atoms with E-state index in [1.54, 1.807) is 50.2 Å². The summed E-state index contributed by atoms with van der Waals surface area (Å²) in [5, 5.41) is 4.03. The van der Waals surface area contributed by atoms with Gasteiger partial charge >= 0.3 is 5.97 Å². The molecule has 2 aromatic carbocycles. The molecule has 8 heteroatoms. The number of nitrogens with one attached hydrogen (secondary N) is 2. The molecule has 0 unspecified atom stereocenters. The first-order chi connectivity index (χ1) is 12.9. The number of ether oxygens (including phenoxy) is 1. The molecule has 6 nitrogen and oxygen atoms in total. The van der Waals surface area contributed by atoms with Crippen LogP contribution in [0.3, 0.4) is 0 Å². The normalized spacial score (nSPS) is 11.0. The summed E-state index contributed by atoms with van der Waals surface area (Å²) in [5.41, 5.74) is 2.54. The Balaban J connectivity index is 1.59. The molecule has 140 valence electrons. The Hall–Kier alpha value is -2.51. The number of aromatic nitrogens is 2. The van der Waals surface area contributed by atoms with Crippen LogP contribution in [0.4, 0.5) is 5.69 Å². The number of carbonyl (C=O) groups excluding carboxylic acids is 2. The Morgan fingerprint density at radius 1 is 1.26 bits per heavy atom. The fourth-order valence-electron chi connectivity index (χ4n) is 2.36. The van der Waals surface area contributed by atoms with Crippen molar-refractivity contribution in [2.75, 3.05) is 11.1 Å².